The second kappa shape index (κ2) is 5.62. The minimum Gasteiger partial charge on any atom is -0.480 e. The largest absolute Gasteiger partial charge is 0.480 e. The molecule has 5 nitrogen and oxygen atoms in total. The topological polar surface area (TPSA) is 78.4 Å². The second-order valence-electron chi connectivity index (χ2n) is 3.28. The number of carboxylic acid groups (broad SMARTS) is 1. The highest BCUT2D eigenvalue weighted by molar-refractivity contribution is 9.10. The number of amides is 2. The number of rotatable bonds is 3. The van der Waals surface area contributed by atoms with Crippen LogP contribution in [0.15, 0.2) is 22.7 Å². The molecular formula is C10H10BrFN2O3. The van der Waals surface area contributed by atoms with Crippen LogP contribution in [0.5, 0.6) is 0 Å². The molecular weight excluding hydrogens is 295 g/mol. The number of carboxylic acids is 1. The van der Waals surface area contributed by atoms with Crippen LogP contribution < -0.4 is 10.6 Å². The van der Waals surface area contributed by atoms with E-state index in [-0.39, 0.29) is 5.69 Å². The molecule has 17 heavy (non-hydrogen) atoms. The maximum Gasteiger partial charge on any atom is 0.325 e. The molecule has 1 rings (SSSR count). The Morgan fingerprint density at radius 3 is 2.65 bits per heavy atom. The van der Waals surface area contributed by atoms with Crippen LogP contribution in [0.25, 0.3) is 0 Å². The van der Waals surface area contributed by atoms with Crippen molar-refractivity contribution in [3.05, 3.63) is 28.5 Å². The SMILES string of the molecule is C[C@@H](NC(=O)Nc1ccc(Br)cc1F)C(=O)O. The number of carbonyl (C=O) groups is 2. The Hall–Kier alpha value is -1.63. The van der Waals surface area contributed by atoms with E-state index < -0.39 is 23.9 Å². The Morgan fingerprint density at radius 1 is 1.47 bits per heavy atom. The molecule has 0 heterocycles. The lowest BCUT2D eigenvalue weighted by Gasteiger charge is -2.11. The Labute approximate surface area is 105 Å². The summed E-state index contributed by atoms with van der Waals surface area (Å²) in [6.07, 6.45) is 0. The van der Waals surface area contributed by atoms with E-state index in [1.165, 1.54) is 19.1 Å². The first-order valence-corrected chi connectivity index (χ1v) is 5.45. The normalized spacial score (nSPS) is 11.7. The quantitative estimate of drug-likeness (QED) is 0.801. The number of anilines is 1. The van der Waals surface area contributed by atoms with Gasteiger partial charge in [-0.25, -0.2) is 9.18 Å². The molecule has 0 bridgehead atoms. The number of nitrogens with one attached hydrogen (secondary N) is 2. The van der Waals surface area contributed by atoms with Gasteiger partial charge in [-0.2, -0.15) is 0 Å². The summed E-state index contributed by atoms with van der Waals surface area (Å²) in [5.74, 6) is -1.78. The summed E-state index contributed by atoms with van der Waals surface area (Å²) in [5.41, 5.74) is -0.0247. The van der Waals surface area contributed by atoms with Gasteiger partial charge in [-0.05, 0) is 25.1 Å². The molecule has 0 unspecified atom stereocenters. The minimum absolute atomic E-state index is 0.0247. The average molecular weight is 305 g/mol. The zero-order chi connectivity index (χ0) is 13.0. The van der Waals surface area contributed by atoms with Crippen molar-refractivity contribution in [3.63, 3.8) is 0 Å². The van der Waals surface area contributed by atoms with E-state index in [0.717, 1.165) is 0 Å². The summed E-state index contributed by atoms with van der Waals surface area (Å²) in [7, 11) is 0. The highest BCUT2D eigenvalue weighted by Gasteiger charge is 2.14. The maximum absolute atomic E-state index is 13.3. The second-order valence-corrected chi connectivity index (χ2v) is 4.20. The first-order valence-electron chi connectivity index (χ1n) is 4.65. The Balaban J connectivity index is 2.65. The van der Waals surface area contributed by atoms with Crippen LogP contribution in [0.3, 0.4) is 0 Å². The van der Waals surface area contributed by atoms with Crippen LogP contribution in [0.4, 0.5) is 14.9 Å². The molecule has 0 saturated carbocycles. The predicted molar refractivity (Wildman–Crippen MR) is 63.4 cm³/mol. The molecule has 0 aromatic heterocycles. The average Bonchev–Trinajstić information content (AvgIpc) is 2.22. The molecule has 0 aliphatic heterocycles. The van der Waals surface area contributed by atoms with Crippen molar-refractivity contribution < 1.29 is 19.1 Å². The first-order chi connectivity index (χ1) is 7.90. The molecule has 0 radical (unpaired) electrons. The van der Waals surface area contributed by atoms with Gasteiger partial charge >= 0.3 is 12.0 Å². The van der Waals surface area contributed by atoms with Crippen molar-refractivity contribution >= 4 is 33.6 Å². The van der Waals surface area contributed by atoms with Crippen LogP contribution >= 0.6 is 15.9 Å². The van der Waals surface area contributed by atoms with Crippen molar-refractivity contribution in [2.45, 2.75) is 13.0 Å². The molecule has 1 aromatic rings. The summed E-state index contributed by atoms with van der Waals surface area (Å²) in [6.45, 7) is 1.31. The minimum atomic E-state index is -1.17. The number of urea groups is 1. The van der Waals surface area contributed by atoms with E-state index in [1.54, 1.807) is 6.07 Å². The van der Waals surface area contributed by atoms with Gasteiger partial charge in [-0.3, -0.25) is 4.79 Å². The third-order valence-corrected chi connectivity index (χ3v) is 2.39. The van der Waals surface area contributed by atoms with Crippen molar-refractivity contribution in [1.82, 2.24) is 5.32 Å². The van der Waals surface area contributed by atoms with E-state index in [2.05, 4.69) is 26.6 Å². The van der Waals surface area contributed by atoms with Crippen LogP contribution in [0.1, 0.15) is 6.92 Å². The summed E-state index contributed by atoms with van der Waals surface area (Å²) in [6, 6.07) is 2.29. The molecule has 7 heteroatoms. The highest BCUT2D eigenvalue weighted by atomic mass is 79.9. The number of carbonyl (C=O) groups excluding carboxylic acids is 1. The van der Waals surface area contributed by atoms with E-state index in [9.17, 15) is 14.0 Å². The molecule has 0 aliphatic rings. The summed E-state index contributed by atoms with van der Waals surface area (Å²) in [4.78, 5) is 21.8. The maximum atomic E-state index is 13.3. The number of halogens is 2. The molecule has 2 amide bonds. The summed E-state index contributed by atoms with van der Waals surface area (Å²) in [5, 5.41) is 12.9. The monoisotopic (exact) mass is 304 g/mol. The lowest BCUT2D eigenvalue weighted by atomic mass is 10.3. The van der Waals surface area contributed by atoms with Crippen LogP contribution in [-0.4, -0.2) is 23.1 Å². The predicted octanol–water partition coefficient (Wildman–Crippen LogP) is 2.18. The van der Waals surface area contributed by atoms with Gasteiger partial charge in [0.15, 0.2) is 0 Å². The molecule has 0 spiro atoms. The van der Waals surface area contributed by atoms with E-state index in [0.29, 0.717) is 4.47 Å². The number of hydrogen-bond acceptors (Lipinski definition) is 2. The molecule has 1 aromatic carbocycles. The zero-order valence-corrected chi connectivity index (χ0v) is 10.4. The van der Waals surface area contributed by atoms with E-state index >= 15 is 0 Å². The van der Waals surface area contributed by atoms with Crippen LogP contribution in [0, 0.1) is 5.82 Å². The molecule has 3 N–H and O–H groups in total. The van der Waals surface area contributed by atoms with Crippen molar-refractivity contribution in [1.29, 1.82) is 0 Å². The number of benzene rings is 1. The van der Waals surface area contributed by atoms with Gasteiger partial charge in [0.25, 0.3) is 0 Å². The Kier molecular flexibility index (Phi) is 4.45. The van der Waals surface area contributed by atoms with Gasteiger partial charge in [-0.15, -0.1) is 0 Å². The van der Waals surface area contributed by atoms with Crippen molar-refractivity contribution in [3.8, 4) is 0 Å². The molecule has 0 saturated heterocycles. The molecule has 1 atom stereocenters. The lowest BCUT2D eigenvalue weighted by Crippen LogP contribution is -2.41. The van der Waals surface area contributed by atoms with Gasteiger partial charge in [0.1, 0.15) is 11.9 Å². The van der Waals surface area contributed by atoms with Gasteiger partial charge in [0.2, 0.25) is 0 Å². The van der Waals surface area contributed by atoms with Crippen LogP contribution in [0.2, 0.25) is 0 Å². The standard InChI is InChI=1S/C10H10BrFN2O3/c1-5(9(15)16)13-10(17)14-8-3-2-6(11)4-7(8)12/h2-5H,1H3,(H,15,16)(H2,13,14,17)/t5-/m1/s1. The Morgan fingerprint density at radius 2 is 2.12 bits per heavy atom. The highest BCUT2D eigenvalue weighted by Crippen LogP contribution is 2.19. The van der Waals surface area contributed by atoms with Gasteiger partial charge in [0, 0.05) is 4.47 Å². The fourth-order valence-electron chi connectivity index (χ4n) is 1.01. The van der Waals surface area contributed by atoms with E-state index in [1.807, 2.05) is 0 Å². The van der Waals surface area contributed by atoms with Crippen LogP contribution in [-0.2, 0) is 4.79 Å². The Bertz CT molecular complexity index is 453. The zero-order valence-electron chi connectivity index (χ0n) is 8.83. The third-order valence-electron chi connectivity index (χ3n) is 1.90. The third kappa shape index (κ3) is 4.03. The van der Waals surface area contributed by atoms with Crippen molar-refractivity contribution in [2.24, 2.45) is 0 Å². The molecule has 0 aliphatic carbocycles. The van der Waals surface area contributed by atoms with Gasteiger partial charge < -0.3 is 15.7 Å². The molecule has 0 fully saturated rings. The summed E-state index contributed by atoms with van der Waals surface area (Å²) < 4.78 is 13.9. The number of hydrogen-bond donors (Lipinski definition) is 3. The fourth-order valence-corrected chi connectivity index (χ4v) is 1.34. The molecule has 92 valence electrons. The first kappa shape index (κ1) is 13.4. The van der Waals surface area contributed by atoms with E-state index in [4.69, 9.17) is 5.11 Å². The van der Waals surface area contributed by atoms with Gasteiger partial charge in [-0.1, -0.05) is 15.9 Å². The van der Waals surface area contributed by atoms with Gasteiger partial charge in [0.05, 0.1) is 5.69 Å². The number of aliphatic carboxylic acids is 1. The lowest BCUT2D eigenvalue weighted by molar-refractivity contribution is -0.138. The smallest absolute Gasteiger partial charge is 0.325 e. The summed E-state index contributed by atoms with van der Waals surface area (Å²) >= 11 is 3.08. The fraction of sp³-hybridized carbons (Fsp3) is 0.200. The van der Waals surface area contributed by atoms with Crippen molar-refractivity contribution in [2.75, 3.05) is 5.32 Å².